The lowest BCUT2D eigenvalue weighted by Gasteiger charge is -2.41. The van der Waals surface area contributed by atoms with Crippen molar-refractivity contribution in [2.24, 2.45) is 4.36 Å². The van der Waals surface area contributed by atoms with Crippen molar-refractivity contribution >= 4 is 50.0 Å². The second-order valence-corrected chi connectivity index (χ2v) is 13.1. The molecule has 14 nitrogen and oxygen atoms in total. The molecule has 46 heavy (non-hydrogen) atoms. The van der Waals surface area contributed by atoms with Crippen molar-refractivity contribution in [1.29, 1.82) is 0 Å². The molecule has 1 amide bonds. The van der Waals surface area contributed by atoms with Crippen molar-refractivity contribution in [3.63, 3.8) is 0 Å². The minimum absolute atomic E-state index is 0.0250. The molecule has 18 heteroatoms. The Morgan fingerprint density at radius 3 is 2.65 bits per heavy atom. The van der Waals surface area contributed by atoms with Crippen LogP contribution in [0.4, 0.5) is 41.1 Å². The number of ether oxygens (including phenoxy) is 1. The summed E-state index contributed by atoms with van der Waals surface area (Å²) >= 11 is 0. The third kappa shape index (κ3) is 6.60. The largest absolute Gasteiger partial charge is 0.495 e. The molecule has 3 aromatic heterocycles. The standard InChI is InChI=1S/C28H30F3N9O5S/c1-5-11-39-25(41)18-15-32-26(35-24(18)40(39)23-8-6-7-22(34-23)36-46(3,4)44)33-17-9-10-19(20(14-17)45-2)37-12-13-38(27(42)43)21(16-37)28(29,30)31/h5-10,14-15,21H,1,11-13,16H2,2-4H3,(H,42,43)(H,32,33,35). The number of nitrogens with one attached hydrogen (secondary N) is 1. The maximum absolute atomic E-state index is 13.7. The average molecular weight is 662 g/mol. The zero-order chi connectivity index (χ0) is 33.4. The number of carboxylic acid groups (broad SMARTS) is 1. The highest BCUT2D eigenvalue weighted by Gasteiger charge is 2.48. The average Bonchev–Trinajstić information content (AvgIpc) is 3.26. The van der Waals surface area contributed by atoms with Crippen LogP contribution in [0.5, 0.6) is 5.75 Å². The quantitative estimate of drug-likeness (QED) is 0.264. The summed E-state index contributed by atoms with van der Waals surface area (Å²) in [5.41, 5.74) is 0.585. The summed E-state index contributed by atoms with van der Waals surface area (Å²) in [6.45, 7) is 2.93. The van der Waals surface area contributed by atoms with Gasteiger partial charge >= 0.3 is 12.3 Å². The van der Waals surface area contributed by atoms with Crippen LogP contribution in [-0.4, -0.2) is 96.1 Å². The van der Waals surface area contributed by atoms with Crippen LogP contribution in [0, 0.1) is 0 Å². The predicted molar refractivity (Wildman–Crippen MR) is 166 cm³/mol. The van der Waals surface area contributed by atoms with Crippen LogP contribution in [-0.2, 0) is 16.3 Å². The van der Waals surface area contributed by atoms with E-state index in [1.54, 1.807) is 36.4 Å². The number of aromatic nitrogens is 5. The smallest absolute Gasteiger partial charge is 0.410 e. The SMILES string of the molecule is C=CCn1c(=O)c2cnc(Nc3ccc(N4CCN(C(=O)O)C(C(F)(F)F)C4)c(OC)c3)nc2n1-c1cccc(N=S(C)(C)=O)n1. The lowest BCUT2D eigenvalue weighted by Crippen LogP contribution is -2.60. The van der Waals surface area contributed by atoms with Gasteiger partial charge < -0.3 is 20.1 Å². The third-order valence-electron chi connectivity index (χ3n) is 7.01. The van der Waals surface area contributed by atoms with Gasteiger partial charge in [-0.1, -0.05) is 12.1 Å². The number of rotatable bonds is 8. The van der Waals surface area contributed by atoms with E-state index >= 15 is 0 Å². The molecule has 0 spiro atoms. The summed E-state index contributed by atoms with van der Waals surface area (Å²) in [7, 11) is -1.15. The first kappa shape index (κ1) is 32.3. The summed E-state index contributed by atoms with van der Waals surface area (Å²) in [4.78, 5) is 39.8. The van der Waals surface area contributed by atoms with Gasteiger partial charge in [-0.25, -0.2) is 28.3 Å². The van der Waals surface area contributed by atoms with E-state index < -0.39 is 40.1 Å². The fourth-order valence-corrected chi connectivity index (χ4v) is 5.62. The minimum Gasteiger partial charge on any atom is -0.495 e. The second kappa shape index (κ2) is 12.3. The van der Waals surface area contributed by atoms with Gasteiger partial charge in [-0.05, 0) is 24.3 Å². The van der Waals surface area contributed by atoms with Crippen molar-refractivity contribution in [2.45, 2.75) is 18.8 Å². The van der Waals surface area contributed by atoms with Crippen molar-refractivity contribution in [1.82, 2.24) is 29.2 Å². The Balaban J connectivity index is 1.50. The maximum Gasteiger partial charge on any atom is 0.410 e. The summed E-state index contributed by atoms with van der Waals surface area (Å²) < 4.78 is 65.8. The molecular formula is C28H30F3N9O5S. The van der Waals surface area contributed by atoms with E-state index in [2.05, 4.69) is 31.2 Å². The molecule has 1 aliphatic heterocycles. The van der Waals surface area contributed by atoms with Crippen molar-refractivity contribution < 1.29 is 32.0 Å². The van der Waals surface area contributed by atoms with E-state index in [-0.39, 0.29) is 54.0 Å². The van der Waals surface area contributed by atoms with Crippen LogP contribution in [0.1, 0.15) is 0 Å². The monoisotopic (exact) mass is 661 g/mol. The number of carbonyl (C=O) groups is 1. The molecule has 1 aliphatic rings. The van der Waals surface area contributed by atoms with Gasteiger partial charge in [0.15, 0.2) is 17.3 Å². The molecule has 1 atom stereocenters. The number of hydrogen-bond acceptors (Lipinski definition) is 10. The fraction of sp³-hybridized carbons (Fsp3) is 0.321. The lowest BCUT2D eigenvalue weighted by atomic mass is 10.1. The highest BCUT2D eigenvalue weighted by atomic mass is 32.2. The molecule has 0 saturated carbocycles. The van der Waals surface area contributed by atoms with Crippen molar-refractivity contribution in [2.75, 3.05) is 49.5 Å². The van der Waals surface area contributed by atoms with Gasteiger partial charge in [-0.2, -0.15) is 22.5 Å². The Kier molecular flexibility index (Phi) is 8.66. The summed E-state index contributed by atoms with van der Waals surface area (Å²) in [5, 5.41) is 12.5. The number of benzene rings is 1. The molecular weight excluding hydrogens is 631 g/mol. The lowest BCUT2D eigenvalue weighted by molar-refractivity contribution is -0.178. The molecule has 4 heterocycles. The number of allylic oxidation sites excluding steroid dienone is 1. The van der Waals surface area contributed by atoms with E-state index in [9.17, 15) is 32.1 Å². The zero-order valence-corrected chi connectivity index (χ0v) is 25.7. The molecule has 0 aliphatic carbocycles. The zero-order valence-electron chi connectivity index (χ0n) is 24.9. The van der Waals surface area contributed by atoms with Gasteiger partial charge in [0.1, 0.15) is 17.2 Å². The molecule has 244 valence electrons. The highest BCUT2D eigenvalue weighted by molar-refractivity contribution is 7.92. The number of nitrogens with zero attached hydrogens (tertiary/aromatic N) is 8. The van der Waals surface area contributed by atoms with Gasteiger partial charge in [0.25, 0.3) is 5.56 Å². The topological polar surface area (TPSA) is 160 Å². The normalized spacial score (nSPS) is 15.6. The first-order chi connectivity index (χ1) is 21.7. The van der Waals surface area contributed by atoms with E-state index in [4.69, 9.17) is 4.74 Å². The summed E-state index contributed by atoms with van der Waals surface area (Å²) in [5.74, 6) is 0.815. The third-order valence-corrected chi connectivity index (χ3v) is 7.63. The van der Waals surface area contributed by atoms with Crippen LogP contribution in [0.2, 0.25) is 0 Å². The van der Waals surface area contributed by atoms with Crippen LogP contribution < -0.4 is 20.5 Å². The molecule has 0 bridgehead atoms. The van der Waals surface area contributed by atoms with Crippen LogP contribution in [0.25, 0.3) is 16.9 Å². The van der Waals surface area contributed by atoms with Crippen LogP contribution in [0.15, 0.2) is 64.4 Å². The Labute approximate surface area is 260 Å². The van der Waals surface area contributed by atoms with Gasteiger partial charge in [0.2, 0.25) is 5.95 Å². The second-order valence-electron chi connectivity index (χ2n) is 10.5. The number of hydrogen-bond donors (Lipinski definition) is 2. The first-order valence-corrected chi connectivity index (χ1v) is 16.0. The summed E-state index contributed by atoms with van der Waals surface area (Å²) in [6, 6.07) is 7.38. The highest BCUT2D eigenvalue weighted by Crippen LogP contribution is 2.36. The number of pyridine rings is 1. The van der Waals surface area contributed by atoms with Crippen LogP contribution >= 0.6 is 0 Å². The molecule has 5 rings (SSSR count). The van der Waals surface area contributed by atoms with Crippen molar-refractivity contribution in [3.05, 3.63) is 65.6 Å². The van der Waals surface area contributed by atoms with Gasteiger partial charge in [0, 0.05) is 59.8 Å². The van der Waals surface area contributed by atoms with E-state index in [1.807, 2.05) is 0 Å². The number of methoxy groups -OCH3 is 1. The van der Waals surface area contributed by atoms with E-state index in [1.165, 1.54) is 46.2 Å². The molecule has 1 unspecified atom stereocenters. The van der Waals surface area contributed by atoms with Crippen LogP contribution in [0.3, 0.4) is 0 Å². The maximum atomic E-state index is 13.7. The van der Waals surface area contributed by atoms with Gasteiger partial charge in [0.05, 0.1) is 19.3 Å². The number of amides is 1. The van der Waals surface area contributed by atoms with Crippen molar-refractivity contribution in [3.8, 4) is 11.6 Å². The Bertz CT molecular complexity index is 1990. The number of piperazine rings is 1. The van der Waals surface area contributed by atoms with E-state index in [0.29, 0.717) is 16.3 Å². The molecule has 0 radical (unpaired) electrons. The fourth-order valence-electron chi connectivity index (χ4n) is 5.07. The number of anilines is 3. The molecule has 2 N–H and O–H groups in total. The van der Waals surface area contributed by atoms with Gasteiger partial charge in [-0.3, -0.25) is 9.69 Å². The Morgan fingerprint density at radius 1 is 1.24 bits per heavy atom. The summed E-state index contributed by atoms with van der Waals surface area (Å²) in [6.07, 6.45) is -0.549. The number of halogens is 3. The Morgan fingerprint density at radius 2 is 2.00 bits per heavy atom. The van der Waals surface area contributed by atoms with Gasteiger partial charge in [-0.15, -0.1) is 6.58 Å². The molecule has 1 fully saturated rings. The number of alkyl halides is 3. The number of fused-ring (bicyclic) bond motifs is 1. The first-order valence-electron chi connectivity index (χ1n) is 13.7. The molecule has 4 aromatic rings. The molecule has 1 aromatic carbocycles. The Hall–Kier alpha value is -5.13. The minimum atomic E-state index is -4.76. The predicted octanol–water partition coefficient (Wildman–Crippen LogP) is 4.01. The van der Waals surface area contributed by atoms with E-state index in [0.717, 1.165) is 0 Å². The molecule has 1 saturated heterocycles.